The lowest BCUT2D eigenvalue weighted by Gasteiger charge is -2.09. The van der Waals surface area contributed by atoms with E-state index in [2.05, 4.69) is 35.3 Å². The Balaban J connectivity index is 2.41. The number of nitrogens with zero attached hydrogens (tertiary/aromatic N) is 2. The van der Waals surface area contributed by atoms with Crippen LogP contribution in [0.4, 0.5) is 0 Å². The van der Waals surface area contributed by atoms with Crippen LogP contribution in [-0.4, -0.2) is 22.6 Å². The highest BCUT2D eigenvalue weighted by Crippen LogP contribution is 2.06. The monoisotopic (exact) mass is 207 g/mol. The quantitative estimate of drug-likeness (QED) is 0.571. The van der Waals surface area contributed by atoms with Crippen LogP contribution in [-0.2, 0) is 6.54 Å². The van der Waals surface area contributed by atoms with Gasteiger partial charge in [0, 0.05) is 18.8 Å². The zero-order valence-electron chi connectivity index (χ0n) is 10.0. The fraction of sp³-hybridized carbons (Fsp3) is 0.583. The van der Waals surface area contributed by atoms with E-state index < -0.39 is 0 Å². The highest BCUT2D eigenvalue weighted by Gasteiger charge is 2.02. The Labute approximate surface area is 92.2 Å². The number of aromatic nitrogens is 2. The minimum Gasteiger partial charge on any atom is -0.330 e. The molecule has 1 heterocycles. The van der Waals surface area contributed by atoms with Crippen LogP contribution in [0.15, 0.2) is 18.5 Å². The van der Waals surface area contributed by atoms with Gasteiger partial charge in [-0.1, -0.05) is 13.5 Å². The van der Waals surface area contributed by atoms with Crippen LogP contribution in [0.1, 0.15) is 24.7 Å². The van der Waals surface area contributed by atoms with Crippen molar-refractivity contribution in [2.24, 2.45) is 0 Å². The Morgan fingerprint density at radius 1 is 1.53 bits per heavy atom. The smallest absolute Gasteiger partial charge is 0.0954 e. The second-order valence-corrected chi connectivity index (χ2v) is 3.97. The molecule has 0 radical (unpaired) electrons. The van der Waals surface area contributed by atoms with Gasteiger partial charge < -0.3 is 9.88 Å². The molecular formula is C12H21N3. The van der Waals surface area contributed by atoms with Crippen molar-refractivity contribution in [3.05, 3.63) is 29.9 Å². The molecule has 1 rings (SSSR count). The summed E-state index contributed by atoms with van der Waals surface area (Å²) in [5, 5.41) is 3.35. The molecule has 0 aliphatic carbocycles. The molecule has 0 atom stereocenters. The molecule has 0 saturated carbocycles. The summed E-state index contributed by atoms with van der Waals surface area (Å²) in [5.41, 5.74) is 3.53. The van der Waals surface area contributed by atoms with Crippen molar-refractivity contribution in [2.75, 3.05) is 13.1 Å². The lowest BCUT2D eigenvalue weighted by molar-refractivity contribution is 0.667. The first kappa shape index (κ1) is 12.0. The molecule has 0 aromatic carbocycles. The van der Waals surface area contributed by atoms with Gasteiger partial charge >= 0.3 is 0 Å². The average Bonchev–Trinajstić information content (AvgIpc) is 2.50. The first-order chi connectivity index (χ1) is 7.15. The van der Waals surface area contributed by atoms with Crippen molar-refractivity contribution in [2.45, 2.75) is 33.7 Å². The predicted octanol–water partition coefficient (Wildman–Crippen LogP) is 2.06. The van der Waals surface area contributed by atoms with Gasteiger partial charge in [0.05, 0.1) is 12.0 Å². The van der Waals surface area contributed by atoms with Gasteiger partial charge in [-0.05, 0) is 32.4 Å². The molecule has 0 bridgehead atoms. The van der Waals surface area contributed by atoms with Gasteiger partial charge in [0.25, 0.3) is 0 Å². The van der Waals surface area contributed by atoms with E-state index in [1.165, 1.54) is 11.3 Å². The fourth-order valence-corrected chi connectivity index (χ4v) is 1.44. The maximum absolute atomic E-state index is 4.27. The van der Waals surface area contributed by atoms with Crippen LogP contribution in [0.5, 0.6) is 0 Å². The molecule has 0 aliphatic heterocycles. The van der Waals surface area contributed by atoms with E-state index in [9.17, 15) is 0 Å². The summed E-state index contributed by atoms with van der Waals surface area (Å²) in [7, 11) is 0. The number of imidazole rings is 1. The highest BCUT2D eigenvalue weighted by molar-refractivity contribution is 5.11. The van der Waals surface area contributed by atoms with Crippen molar-refractivity contribution in [3.63, 3.8) is 0 Å². The van der Waals surface area contributed by atoms with E-state index in [0.717, 1.165) is 31.7 Å². The van der Waals surface area contributed by atoms with Crippen molar-refractivity contribution in [1.82, 2.24) is 14.9 Å². The van der Waals surface area contributed by atoms with Crippen LogP contribution in [0, 0.1) is 13.8 Å². The van der Waals surface area contributed by atoms with Crippen molar-refractivity contribution >= 4 is 0 Å². The molecule has 3 nitrogen and oxygen atoms in total. The molecule has 0 amide bonds. The zero-order chi connectivity index (χ0) is 11.3. The summed E-state index contributed by atoms with van der Waals surface area (Å²) in [5.74, 6) is 0. The van der Waals surface area contributed by atoms with Gasteiger partial charge in [0.2, 0.25) is 0 Å². The molecular weight excluding hydrogens is 186 g/mol. The molecule has 0 fully saturated rings. The van der Waals surface area contributed by atoms with Gasteiger partial charge in [-0.25, -0.2) is 4.98 Å². The zero-order valence-corrected chi connectivity index (χ0v) is 10.0. The number of hydrogen-bond acceptors (Lipinski definition) is 2. The average molecular weight is 207 g/mol. The molecule has 84 valence electrons. The Morgan fingerprint density at radius 2 is 2.27 bits per heavy atom. The van der Waals surface area contributed by atoms with E-state index in [1.807, 2.05) is 13.3 Å². The lowest BCUT2D eigenvalue weighted by atomic mass is 10.3. The topological polar surface area (TPSA) is 29.9 Å². The fourth-order valence-electron chi connectivity index (χ4n) is 1.44. The van der Waals surface area contributed by atoms with E-state index in [1.54, 1.807) is 0 Å². The standard InChI is InChI=1S/C12H21N3/c1-5-6-13-7-10(2)8-15-9-14-11(3)12(15)4/h9,13H,2,5-8H2,1,3-4H3. The van der Waals surface area contributed by atoms with Crippen LogP contribution in [0.2, 0.25) is 0 Å². The van der Waals surface area contributed by atoms with Crippen LogP contribution < -0.4 is 5.32 Å². The van der Waals surface area contributed by atoms with Crippen molar-refractivity contribution in [3.8, 4) is 0 Å². The summed E-state index contributed by atoms with van der Waals surface area (Å²) in [6.07, 6.45) is 3.05. The van der Waals surface area contributed by atoms with Gasteiger partial charge in [-0.2, -0.15) is 0 Å². The molecule has 1 aromatic heterocycles. The molecule has 15 heavy (non-hydrogen) atoms. The number of hydrogen-bond donors (Lipinski definition) is 1. The number of nitrogens with one attached hydrogen (secondary N) is 1. The van der Waals surface area contributed by atoms with Gasteiger partial charge in [-0.15, -0.1) is 0 Å². The van der Waals surface area contributed by atoms with Crippen molar-refractivity contribution < 1.29 is 0 Å². The van der Waals surface area contributed by atoms with Crippen LogP contribution >= 0.6 is 0 Å². The van der Waals surface area contributed by atoms with Gasteiger partial charge in [0.15, 0.2) is 0 Å². The molecule has 3 heteroatoms. The highest BCUT2D eigenvalue weighted by atomic mass is 15.1. The minimum atomic E-state index is 0.864. The molecule has 0 spiro atoms. The van der Waals surface area contributed by atoms with E-state index >= 15 is 0 Å². The van der Waals surface area contributed by atoms with Gasteiger partial charge in [-0.3, -0.25) is 0 Å². The van der Waals surface area contributed by atoms with Crippen molar-refractivity contribution in [1.29, 1.82) is 0 Å². The summed E-state index contributed by atoms with van der Waals surface area (Å²) in [6.45, 7) is 13.2. The normalized spacial score (nSPS) is 10.6. The van der Waals surface area contributed by atoms with Crippen LogP contribution in [0.25, 0.3) is 0 Å². The molecule has 0 unspecified atom stereocenters. The Kier molecular flexibility index (Phi) is 4.56. The maximum atomic E-state index is 4.27. The first-order valence-electron chi connectivity index (χ1n) is 5.50. The molecule has 0 aliphatic rings. The Hall–Kier alpha value is -1.09. The minimum absolute atomic E-state index is 0.864. The van der Waals surface area contributed by atoms with E-state index in [-0.39, 0.29) is 0 Å². The maximum Gasteiger partial charge on any atom is 0.0954 e. The third-order valence-corrected chi connectivity index (χ3v) is 2.54. The summed E-state index contributed by atoms with van der Waals surface area (Å²) >= 11 is 0. The third-order valence-electron chi connectivity index (χ3n) is 2.54. The molecule has 0 saturated heterocycles. The molecule has 1 aromatic rings. The Morgan fingerprint density at radius 3 is 2.80 bits per heavy atom. The predicted molar refractivity (Wildman–Crippen MR) is 64.0 cm³/mol. The lowest BCUT2D eigenvalue weighted by Crippen LogP contribution is -2.19. The largest absolute Gasteiger partial charge is 0.330 e. The Bertz CT molecular complexity index is 326. The first-order valence-corrected chi connectivity index (χ1v) is 5.50. The number of rotatable bonds is 6. The third kappa shape index (κ3) is 3.51. The van der Waals surface area contributed by atoms with Crippen LogP contribution in [0.3, 0.4) is 0 Å². The summed E-state index contributed by atoms with van der Waals surface area (Å²) in [4.78, 5) is 4.27. The SMILES string of the molecule is C=C(CNCCC)Cn1cnc(C)c1C. The molecule has 1 N–H and O–H groups in total. The summed E-state index contributed by atoms with van der Waals surface area (Å²) < 4.78 is 2.14. The van der Waals surface area contributed by atoms with Gasteiger partial charge in [0.1, 0.15) is 0 Å². The second kappa shape index (κ2) is 5.71. The van der Waals surface area contributed by atoms with E-state index in [0.29, 0.717) is 0 Å². The second-order valence-electron chi connectivity index (χ2n) is 3.97. The summed E-state index contributed by atoms with van der Waals surface area (Å²) in [6, 6.07) is 0. The van der Waals surface area contributed by atoms with E-state index in [4.69, 9.17) is 0 Å². The number of aryl methyl sites for hydroxylation is 1.